The maximum atomic E-state index is 12.7. The number of anilines is 1. The summed E-state index contributed by atoms with van der Waals surface area (Å²) in [6, 6.07) is 14.9. The molecule has 1 aliphatic rings. The predicted octanol–water partition coefficient (Wildman–Crippen LogP) is 2.82. The normalized spacial score (nSPS) is 16.2. The van der Waals surface area contributed by atoms with Gasteiger partial charge in [-0.1, -0.05) is 28.1 Å². The summed E-state index contributed by atoms with van der Waals surface area (Å²) in [5.41, 5.74) is 6.02. The fraction of sp³-hybridized carbons (Fsp3) is 0.176. The van der Waals surface area contributed by atoms with Crippen LogP contribution in [0.1, 0.15) is 0 Å². The fourth-order valence-electron chi connectivity index (χ4n) is 2.37. The number of hydrogen-bond donors (Lipinski definition) is 1. The minimum atomic E-state index is -0.832. The first kappa shape index (κ1) is 16.9. The number of hydrogen-bond acceptors (Lipinski definition) is 4. The first-order valence-corrected chi connectivity index (χ1v) is 9.06. The molecular weight excluding hydrogens is 392 g/mol. The Hall–Kier alpha value is -1.99. The zero-order valence-electron chi connectivity index (χ0n) is 12.6. The van der Waals surface area contributed by atoms with Gasteiger partial charge in [-0.25, -0.2) is 0 Å². The summed E-state index contributed by atoms with van der Waals surface area (Å²) in [4.78, 5) is 26.7. The molecule has 7 heteroatoms. The standard InChI is InChI=1S/C17H15BrN2O3S/c18-11-5-7-12(8-6-11)24-10-16(21)20-9-15(17(19)22)23-14-4-2-1-3-13(14)20/h1-8,15H,9-10H2,(H2,19,22). The van der Waals surface area contributed by atoms with E-state index in [4.69, 9.17) is 10.5 Å². The molecule has 0 saturated heterocycles. The summed E-state index contributed by atoms with van der Waals surface area (Å²) in [5, 5.41) is 0. The van der Waals surface area contributed by atoms with Gasteiger partial charge in [-0.2, -0.15) is 0 Å². The Morgan fingerprint density at radius 3 is 2.62 bits per heavy atom. The highest BCUT2D eigenvalue weighted by Gasteiger charge is 2.32. The van der Waals surface area contributed by atoms with Crippen molar-refractivity contribution in [1.29, 1.82) is 0 Å². The van der Waals surface area contributed by atoms with E-state index in [1.54, 1.807) is 23.1 Å². The summed E-state index contributed by atoms with van der Waals surface area (Å²) in [7, 11) is 0. The van der Waals surface area contributed by atoms with E-state index in [0.29, 0.717) is 11.4 Å². The molecule has 0 saturated carbocycles. The molecule has 1 atom stereocenters. The molecule has 5 nitrogen and oxygen atoms in total. The first-order valence-electron chi connectivity index (χ1n) is 7.28. The fourth-order valence-corrected chi connectivity index (χ4v) is 3.41. The Bertz CT molecular complexity index is 767. The number of thioether (sulfide) groups is 1. The first-order chi connectivity index (χ1) is 11.5. The van der Waals surface area contributed by atoms with Crippen molar-refractivity contribution < 1.29 is 14.3 Å². The van der Waals surface area contributed by atoms with Crippen molar-refractivity contribution in [2.75, 3.05) is 17.2 Å². The van der Waals surface area contributed by atoms with Crippen molar-refractivity contribution in [2.45, 2.75) is 11.0 Å². The molecule has 0 radical (unpaired) electrons. The zero-order valence-corrected chi connectivity index (χ0v) is 15.0. The summed E-state index contributed by atoms with van der Waals surface area (Å²) < 4.78 is 6.56. The molecule has 3 rings (SSSR count). The van der Waals surface area contributed by atoms with Gasteiger partial charge < -0.3 is 15.4 Å². The predicted molar refractivity (Wildman–Crippen MR) is 97.3 cm³/mol. The Morgan fingerprint density at radius 1 is 1.21 bits per heavy atom. The van der Waals surface area contributed by atoms with Crippen LogP contribution in [0.3, 0.4) is 0 Å². The lowest BCUT2D eigenvalue weighted by molar-refractivity contribution is -0.125. The van der Waals surface area contributed by atoms with E-state index < -0.39 is 12.0 Å². The lowest BCUT2D eigenvalue weighted by atomic mass is 10.2. The number of para-hydroxylation sites is 2. The molecule has 24 heavy (non-hydrogen) atoms. The molecule has 0 aliphatic carbocycles. The van der Waals surface area contributed by atoms with Crippen LogP contribution < -0.4 is 15.4 Å². The van der Waals surface area contributed by atoms with E-state index in [1.165, 1.54) is 11.8 Å². The lowest BCUT2D eigenvalue weighted by Crippen LogP contribution is -2.49. The number of benzene rings is 2. The van der Waals surface area contributed by atoms with Crippen molar-refractivity contribution in [3.05, 3.63) is 53.0 Å². The van der Waals surface area contributed by atoms with Crippen molar-refractivity contribution in [2.24, 2.45) is 5.73 Å². The number of primary amides is 1. The van der Waals surface area contributed by atoms with Crippen LogP contribution in [0.4, 0.5) is 5.69 Å². The molecule has 2 aromatic carbocycles. The average Bonchev–Trinajstić information content (AvgIpc) is 2.60. The van der Waals surface area contributed by atoms with E-state index in [2.05, 4.69) is 15.9 Å². The lowest BCUT2D eigenvalue weighted by Gasteiger charge is -2.33. The van der Waals surface area contributed by atoms with Crippen molar-refractivity contribution in [3.8, 4) is 5.75 Å². The maximum Gasteiger partial charge on any atom is 0.260 e. The summed E-state index contributed by atoms with van der Waals surface area (Å²) in [6.07, 6.45) is -0.832. The smallest absolute Gasteiger partial charge is 0.260 e. The summed E-state index contributed by atoms with van der Waals surface area (Å²) in [5.74, 6) is 0.0869. The molecule has 0 aromatic heterocycles. The number of nitrogens with two attached hydrogens (primary N) is 1. The van der Waals surface area contributed by atoms with Crippen LogP contribution in [0.5, 0.6) is 5.75 Å². The Labute approximate surface area is 152 Å². The van der Waals surface area contributed by atoms with Gasteiger partial charge in [0.1, 0.15) is 5.75 Å². The quantitative estimate of drug-likeness (QED) is 0.792. The van der Waals surface area contributed by atoms with Crippen LogP contribution in [0.15, 0.2) is 57.9 Å². The van der Waals surface area contributed by atoms with Gasteiger partial charge in [0.2, 0.25) is 5.91 Å². The monoisotopic (exact) mass is 406 g/mol. The van der Waals surface area contributed by atoms with Crippen molar-refractivity contribution in [1.82, 2.24) is 0 Å². The van der Waals surface area contributed by atoms with Gasteiger partial charge in [0.25, 0.3) is 5.91 Å². The highest BCUT2D eigenvalue weighted by Crippen LogP contribution is 2.33. The van der Waals surface area contributed by atoms with Gasteiger partial charge in [0.05, 0.1) is 18.0 Å². The minimum Gasteiger partial charge on any atom is -0.477 e. The number of carbonyl (C=O) groups excluding carboxylic acids is 2. The molecule has 0 bridgehead atoms. The van der Waals surface area contributed by atoms with E-state index in [9.17, 15) is 9.59 Å². The topological polar surface area (TPSA) is 72.6 Å². The molecule has 0 spiro atoms. The summed E-state index contributed by atoms with van der Waals surface area (Å²) in [6.45, 7) is 0.131. The van der Waals surface area contributed by atoms with Gasteiger partial charge in [-0.15, -0.1) is 11.8 Å². The minimum absolute atomic E-state index is 0.0927. The number of amides is 2. The van der Waals surface area contributed by atoms with Crippen LogP contribution in [-0.2, 0) is 9.59 Å². The van der Waals surface area contributed by atoms with E-state index in [1.807, 2.05) is 30.3 Å². The van der Waals surface area contributed by atoms with E-state index in [0.717, 1.165) is 9.37 Å². The second-order valence-corrected chi connectivity index (χ2v) is 7.19. The van der Waals surface area contributed by atoms with Crippen LogP contribution >= 0.6 is 27.7 Å². The third-order valence-electron chi connectivity index (χ3n) is 3.57. The molecular formula is C17H15BrN2O3S. The van der Waals surface area contributed by atoms with Crippen LogP contribution in [0.2, 0.25) is 0 Å². The van der Waals surface area contributed by atoms with E-state index in [-0.39, 0.29) is 18.2 Å². The molecule has 2 amide bonds. The molecule has 0 fully saturated rings. The highest BCUT2D eigenvalue weighted by molar-refractivity contribution is 9.10. The molecule has 1 heterocycles. The number of nitrogens with zero attached hydrogens (tertiary/aromatic N) is 1. The number of ether oxygens (including phenoxy) is 1. The van der Waals surface area contributed by atoms with E-state index >= 15 is 0 Å². The van der Waals surface area contributed by atoms with Gasteiger partial charge in [0, 0.05) is 9.37 Å². The Morgan fingerprint density at radius 2 is 1.92 bits per heavy atom. The van der Waals surface area contributed by atoms with Gasteiger partial charge in [-0.3, -0.25) is 9.59 Å². The van der Waals surface area contributed by atoms with Crippen LogP contribution in [0, 0.1) is 0 Å². The second-order valence-electron chi connectivity index (χ2n) is 5.22. The van der Waals surface area contributed by atoms with Crippen LogP contribution in [-0.4, -0.2) is 30.2 Å². The SMILES string of the molecule is NC(=O)C1CN(C(=O)CSc2ccc(Br)cc2)c2ccccc2O1. The Kier molecular flexibility index (Phi) is 5.11. The third-order valence-corrected chi connectivity index (χ3v) is 5.09. The highest BCUT2D eigenvalue weighted by atomic mass is 79.9. The maximum absolute atomic E-state index is 12.7. The molecule has 1 aliphatic heterocycles. The molecule has 2 aromatic rings. The molecule has 124 valence electrons. The third kappa shape index (κ3) is 3.73. The second kappa shape index (κ2) is 7.27. The number of fused-ring (bicyclic) bond motifs is 1. The largest absolute Gasteiger partial charge is 0.477 e. The number of halogens is 1. The van der Waals surface area contributed by atoms with Crippen LogP contribution in [0.25, 0.3) is 0 Å². The van der Waals surface area contributed by atoms with Gasteiger partial charge in [0.15, 0.2) is 6.10 Å². The molecule has 2 N–H and O–H groups in total. The number of carbonyl (C=O) groups is 2. The van der Waals surface area contributed by atoms with Gasteiger partial charge >= 0.3 is 0 Å². The number of rotatable bonds is 4. The summed E-state index contributed by atoms with van der Waals surface area (Å²) >= 11 is 4.83. The molecule has 1 unspecified atom stereocenters. The van der Waals surface area contributed by atoms with Crippen molar-refractivity contribution in [3.63, 3.8) is 0 Å². The van der Waals surface area contributed by atoms with Crippen molar-refractivity contribution >= 4 is 45.2 Å². The average molecular weight is 407 g/mol. The Balaban J connectivity index is 1.75. The zero-order chi connectivity index (χ0) is 17.1. The van der Waals surface area contributed by atoms with Gasteiger partial charge in [-0.05, 0) is 36.4 Å².